The first-order chi connectivity index (χ1) is 8.51. The predicted molar refractivity (Wildman–Crippen MR) is 71.7 cm³/mol. The van der Waals surface area contributed by atoms with Crippen LogP contribution in [0.2, 0.25) is 0 Å². The second-order valence-corrected chi connectivity index (χ2v) is 4.92. The quantitative estimate of drug-likeness (QED) is 0.846. The summed E-state index contributed by atoms with van der Waals surface area (Å²) in [4.78, 5) is 11.2. The Balaban J connectivity index is 3.06. The van der Waals surface area contributed by atoms with E-state index in [-0.39, 0.29) is 0 Å². The molecular formula is C13H17BrO4. The molecule has 18 heavy (non-hydrogen) atoms. The van der Waals surface area contributed by atoms with Crippen LogP contribution in [-0.4, -0.2) is 23.3 Å². The first kappa shape index (κ1) is 15.0. The van der Waals surface area contributed by atoms with Crippen LogP contribution in [-0.2, 0) is 4.79 Å². The topological polar surface area (TPSA) is 66.8 Å². The molecular weight excluding hydrogens is 300 g/mol. The van der Waals surface area contributed by atoms with Crippen molar-refractivity contribution in [1.29, 1.82) is 0 Å². The van der Waals surface area contributed by atoms with Gasteiger partial charge in [0, 0.05) is 4.47 Å². The number of aliphatic carboxylic acids is 1. The molecule has 0 fully saturated rings. The molecule has 1 rings (SSSR count). The molecule has 0 bridgehead atoms. The van der Waals surface area contributed by atoms with E-state index >= 15 is 0 Å². The van der Waals surface area contributed by atoms with Crippen LogP contribution in [0.15, 0.2) is 22.7 Å². The molecule has 0 aromatic heterocycles. The van der Waals surface area contributed by atoms with Gasteiger partial charge in [-0.2, -0.15) is 0 Å². The Kier molecular flexibility index (Phi) is 5.62. The molecule has 1 aromatic carbocycles. The number of methoxy groups -OCH3 is 1. The summed E-state index contributed by atoms with van der Waals surface area (Å²) in [6.07, 6.45) is 0.0855. The average molecular weight is 317 g/mol. The maximum Gasteiger partial charge on any atom is 0.309 e. The van der Waals surface area contributed by atoms with Crippen LogP contribution < -0.4 is 4.74 Å². The van der Waals surface area contributed by atoms with E-state index in [0.29, 0.717) is 28.6 Å². The van der Waals surface area contributed by atoms with Crippen molar-refractivity contribution in [2.75, 3.05) is 7.11 Å². The third-order valence-corrected chi connectivity index (χ3v) is 3.54. The summed E-state index contributed by atoms with van der Waals surface area (Å²) >= 11 is 3.32. The van der Waals surface area contributed by atoms with Gasteiger partial charge in [0.25, 0.3) is 0 Å². The van der Waals surface area contributed by atoms with Crippen LogP contribution in [0.4, 0.5) is 0 Å². The summed E-state index contributed by atoms with van der Waals surface area (Å²) < 4.78 is 5.76. The first-order valence-electron chi connectivity index (χ1n) is 5.75. The van der Waals surface area contributed by atoms with Crippen LogP contribution >= 0.6 is 15.9 Å². The molecule has 0 aliphatic heterocycles. The zero-order valence-electron chi connectivity index (χ0n) is 10.4. The minimum absolute atomic E-state index is 0.431. The molecule has 0 amide bonds. The fourth-order valence-electron chi connectivity index (χ4n) is 1.82. The molecule has 2 atom stereocenters. The summed E-state index contributed by atoms with van der Waals surface area (Å²) in [5.41, 5.74) is 0.537. The van der Waals surface area contributed by atoms with Crippen molar-refractivity contribution < 1.29 is 19.7 Å². The normalized spacial score (nSPS) is 14.0. The van der Waals surface area contributed by atoms with E-state index in [0.717, 1.165) is 0 Å². The Hall–Kier alpha value is -1.07. The molecule has 0 aliphatic rings. The van der Waals surface area contributed by atoms with E-state index in [4.69, 9.17) is 9.84 Å². The maximum atomic E-state index is 11.2. The third-order valence-electron chi connectivity index (χ3n) is 2.82. The van der Waals surface area contributed by atoms with Crippen LogP contribution in [0.1, 0.15) is 31.4 Å². The van der Waals surface area contributed by atoms with Crippen molar-refractivity contribution >= 4 is 21.9 Å². The summed E-state index contributed by atoms with van der Waals surface area (Å²) in [5, 5.41) is 19.4. The van der Waals surface area contributed by atoms with E-state index in [1.165, 1.54) is 7.11 Å². The van der Waals surface area contributed by atoms with Gasteiger partial charge in [0.1, 0.15) is 5.75 Å². The van der Waals surface area contributed by atoms with E-state index in [9.17, 15) is 9.90 Å². The molecule has 0 heterocycles. The van der Waals surface area contributed by atoms with Gasteiger partial charge in [-0.15, -0.1) is 0 Å². The lowest BCUT2D eigenvalue weighted by Gasteiger charge is -2.20. The number of carboxylic acid groups (broad SMARTS) is 1. The molecule has 2 N–H and O–H groups in total. The van der Waals surface area contributed by atoms with Crippen molar-refractivity contribution in [2.45, 2.75) is 25.9 Å². The van der Waals surface area contributed by atoms with E-state index in [1.54, 1.807) is 18.2 Å². The van der Waals surface area contributed by atoms with Crippen molar-refractivity contribution in [3.63, 3.8) is 0 Å². The summed E-state index contributed by atoms with van der Waals surface area (Å²) in [6.45, 7) is 1.89. The molecule has 0 saturated heterocycles. The number of hydrogen-bond acceptors (Lipinski definition) is 3. The summed E-state index contributed by atoms with van der Waals surface area (Å²) in [7, 11) is 1.53. The lowest BCUT2D eigenvalue weighted by atomic mass is 9.92. The highest BCUT2D eigenvalue weighted by atomic mass is 79.9. The minimum Gasteiger partial charge on any atom is -0.497 e. The van der Waals surface area contributed by atoms with Gasteiger partial charge in [-0.1, -0.05) is 29.3 Å². The fraction of sp³-hybridized carbons (Fsp3) is 0.462. The largest absolute Gasteiger partial charge is 0.497 e. The average Bonchev–Trinajstić information content (AvgIpc) is 2.35. The van der Waals surface area contributed by atoms with Crippen molar-refractivity contribution in [1.82, 2.24) is 0 Å². The molecule has 0 radical (unpaired) electrons. The number of rotatable bonds is 6. The Bertz CT molecular complexity index is 419. The number of aliphatic hydroxyl groups excluding tert-OH is 1. The Labute approximate surface area is 115 Å². The number of carboxylic acids is 1. The van der Waals surface area contributed by atoms with Gasteiger partial charge in [0.2, 0.25) is 0 Å². The van der Waals surface area contributed by atoms with Gasteiger partial charge in [0.05, 0.1) is 19.1 Å². The number of carbonyl (C=O) groups is 1. The summed E-state index contributed by atoms with van der Waals surface area (Å²) in [6, 6.07) is 5.14. The molecule has 1 aromatic rings. The van der Waals surface area contributed by atoms with Crippen LogP contribution in [0, 0.1) is 5.92 Å². The second kappa shape index (κ2) is 6.75. The highest BCUT2D eigenvalue weighted by Crippen LogP contribution is 2.33. The summed E-state index contributed by atoms with van der Waals surface area (Å²) in [5.74, 6) is -1.20. The maximum absolute atomic E-state index is 11.2. The molecule has 0 saturated carbocycles. The Morgan fingerprint density at radius 2 is 2.17 bits per heavy atom. The second-order valence-electron chi connectivity index (χ2n) is 4.07. The Morgan fingerprint density at radius 1 is 1.50 bits per heavy atom. The first-order valence-corrected chi connectivity index (χ1v) is 6.54. The monoisotopic (exact) mass is 316 g/mol. The fourth-order valence-corrected chi connectivity index (χ4v) is 2.30. The molecule has 2 unspecified atom stereocenters. The number of halogens is 1. The smallest absolute Gasteiger partial charge is 0.309 e. The van der Waals surface area contributed by atoms with Crippen molar-refractivity contribution in [3.8, 4) is 5.75 Å². The molecule has 0 spiro atoms. The van der Waals surface area contributed by atoms with E-state index in [1.807, 2.05) is 6.92 Å². The number of ether oxygens (including phenoxy) is 1. The highest BCUT2D eigenvalue weighted by molar-refractivity contribution is 9.10. The van der Waals surface area contributed by atoms with Gasteiger partial charge in [-0.25, -0.2) is 0 Å². The van der Waals surface area contributed by atoms with Gasteiger partial charge in [-0.3, -0.25) is 4.79 Å². The van der Waals surface area contributed by atoms with Crippen LogP contribution in [0.3, 0.4) is 0 Å². The van der Waals surface area contributed by atoms with Crippen LogP contribution in [0.25, 0.3) is 0 Å². The van der Waals surface area contributed by atoms with Gasteiger partial charge in [-0.05, 0) is 30.2 Å². The van der Waals surface area contributed by atoms with E-state index < -0.39 is 18.0 Å². The predicted octanol–water partition coefficient (Wildman–Crippen LogP) is 2.99. The molecule has 5 heteroatoms. The SMILES string of the molecule is CCCC(C(=O)O)C(O)c1cc(OC)ccc1Br. The zero-order chi connectivity index (χ0) is 13.7. The minimum atomic E-state index is -1.05. The van der Waals surface area contributed by atoms with Gasteiger partial charge in [0.15, 0.2) is 0 Å². The zero-order valence-corrected chi connectivity index (χ0v) is 12.0. The van der Waals surface area contributed by atoms with Gasteiger partial charge < -0.3 is 14.9 Å². The Morgan fingerprint density at radius 3 is 2.67 bits per heavy atom. The lowest BCUT2D eigenvalue weighted by molar-refractivity contribution is -0.146. The van der Waals surface area contributed by atoms with Crippen molar-refractivity contribution in [2.24, 2.45) is 5.92 Å². The lowest BCUT2D eigenvalue weighted by Crippen LogP contribution is -2.22. The number of aliphatic hydroxyl groups is 1. The highest BCUT2D eigenvalue weighted by Gasteiger charge is 2.28. The van der Waals surface area contributed by atoms with Gasteiger partial charge >= 0.3 is 5.97 Å². The van der Waals surface area contributed by atoms with E-state index in [2.05, 4.69) is 15.9 Å². The van der Waals surface area contributed by atoms with Crippen LogP contribution in [0.5, 0.6) is 5.75 Å². The number of benzene rings is 1. The molecule has 4 nitrogen and oxygen atoms in total. The van der Waals surface area contributed by atoms with Crippen molar-refractivity contribution in [3.05, 3.63) is 28.2 Å². The standard InChI is InChI=1S/C13H17BrO4/c1-3-4-9(13(16)17)12(15)10-7-8(18-2)5-6-11(10)14/h5-7,9,12,15H,3-4H2,1-2H3,(H,16,17). The number of hydrogen-bond donors (Lipinski definition) is 2. The molecule has 100 valence electrons. The third kappa shape index (κ3) is 3.46. The molecule has 0 aliphatic carbocycles.